The molecule has 0 aliphatic carbocycles. The van der Waals surface area contributed by atoms with Crippen LogP contribution in [0.3, 0.4) is 0 Å². The summed E-state index contributed by atoms with van der Waals surface area (Å²) in [7, 11) is 0. The molecule has 0 radical (unpaired) electrons. The molecule has 0 aromatic heterocycles. The molecular formula is C17H21F2NO4. The summed E-state index contributed by atoms with van der Waals surface area (Å²) >= 11 is 0. The summed E-state index contributed by atoms with van der Waals surface area (Å²) in [6, 6.07) is 3.21. The van der Waals surface area contributed by atoms with Gasteiger partial charge >= 0.3 is 5.97 Å². The van der Waals surface area contributed by atoms with Crippen LogP contribution in [-0.2, 0) is 19.7 Å². The minimum atomic E-state index is -1.13. The van der Waals surface area contributed by atoms with E-state index in [9.17, 15) is 18.4 Å². The van der Waals surface area contributed by atoms with E-state index in [0.29, 0.717) is 13.2 Å². The van der Waals surface area contributed by atoms with Gasteiger partial charge in [0.25, 0.3) is 0 Å². The van der Waals surface area contributed by atoms with Gasteiger partial charge in [-0.05, 0) is 24.8 Å². The Bertz CT molecular complexity index is 615. The maximum absolute atomic E-state index is 14.3. The number of hydrogen-bond donors (Lipinski definition) is 2. The van der Waals surface area contributed by atoms with Gasteiger partial charge in [-0.1, -0.05) is 13.0 Å². The van der Waals surface area contributed by atoms with Gasteiger partial charge in [0.2, 0.25) is 5.91 Å². The van der Waals surface area contributed by atoms with E-state index in [-0.39, 0.29) is 43.2 Å². The Balaban J connectivity index is 2.21. The van der Waals surface area contributed by atoms with Crippen molar-refractivity contribution in [1.82, 2.24) is 5.32 Å². The highest BCUT2D eigenvalue weighted by Crippen LogP contribution is 2.37. The van der Waals surface area contributed by atoms with E-state index in [1.54, 1.807) is 6.92 Å². The molecule has 2 rings (SSSR count). The topological polar surface area (TPSA) is 75.6 Å². The Hall–Kier alpha value is -2.02. The van der Waals surface area contributed by atoms with Gasteiger partial charge in [-0.25, -0.2) is 8.78 Å². The first kappa shape index (κ1) is 18.3. The predicted molar refractivity (Wildman–Crippen MR) is 82.5 cm³/mol. The molecule has 2 N–H and O–H groups in total. The number of carbonyl (C=O) groups is 2. The van der Waals surface area contributed by atoms with Crippen molar-refractivity contribution < 1.29 is 28.2 Å². The van der Waals surface area contributed by atoms with Crippen molar-refractivity contribution in [3.63, 3.8) is 0 Å². The van der Waals surface area contributed by atoms with Crippen molar-refractivity contribution in [2.24, 2.45) is 5.92 Å². The monoisotopic (exact) mass is 341 g/mol. The zero-order valence-corrected chi connectivity index (χ0v) is 13.5. The summed E-state index contributed by atoms with van der Waals surface area (Å²) in [5, 5.41) is 11.5. The third kappa shape index (κ3) is 4.08. The van der Waals surface area contributed by atoms with E-state index < -0.39 is 23.0 Å². The number of carbonyl (C=O) groups excluding carboxylic acids is 1. The fraction of sp³-hybridized carbons (Fsp3) is 0.529. The lowest BCUT2D eigenvalue weighted by molar-refractivity contribution is -0.138. The average Bonchev–Trinajstić information content (AvgIpc) is 2.52. The molecule has 24 heavy (non-hydrogen) atoms. The summed E-state index contributed by atoms with van der Waals surface area (Å²) in [6.07, 6.45) is 0.505. The number of rotatable bonds is 6. The minimum Gasteiger partial charge on any atom is -0.481 e. The van der Waals surface area contributed by atoms with Gasteiger partial charge < -0.3 is 15.2 Å². The van der Waals surface area contributed by atoms with Gasteiger partial charge in [0.1, 0.15) is 11.6 Å². The van der Waals surface area contributed by atoms with Gasteiger partial charge in [-0.15, -0.1) is 0 Å². The van der Waals surface area contributed by atoms with Crippen LogP contribution in [0.1, 0.15) is 31.7 Å². The SMILES string of the molecule is CC(CNC(=O)C1(c2ccc(F)cc2F)CCOCC1)CC(=O)O. The summed E-state index contributed by atoms with van der Waals surface area (Å²) < 4.78 is 32.8. The summed E-state index contributed by atoms with van der Waals surface area (Å²) in [5.74, 6) is -3.03. The quantitative estimate of drug-likeness (QED) is 0.832. The zero-order valence-electron chi connectivity index (χ0n) is 13.5. The van der Waals surface area contributed by atoms with Gasteiger partial charge in [0, 0.05) is 37.8 Å². The van der Waals surface area contributed by atoms with Crippen molar-refractivity contribution >= 4 is 11.9 Å². The van der Waals surface area contributed by atoms with Gasteiger partial charge in [-0.3, -0.25) is 9.59 Å². The molecule has 7 heteroatoms. The molecule has 1 aliphatic rings. The van der Waals surface area contributed by atoms with Crippen LogP contribution in [0, 0.1) is 17.6 Å². The Morgan fingerprint density at radius 1 is 1.33 bits per heavy atom. The van der Waals surface area contributed by atoms with Crippen LogP contribution in [0.15, 0.2) is 18.2 Å². The smallest absolute Gasteiger partial charge is 0.303 e. The largest absolute Gasteiger partial charge is 0.481 e. The third-order valence-corrected chi connectivity index (χ3v) is 4.36. The highest BCUT2D eigenvalue weighted by Gasteiger charge is 2.43. The summed E-state index contributed by atoms with van der Waals surface area (Å²) in [5.41, 5.74) is -0.977. The van der Waals surface area contributed by atoms with E-state index >= 15 is 0 Å². The number of amides is 1. The second kappa shape index (κ2) is 7.70. The summed E-state index contributed by atoms with van der Waals surface area (Å²) in [4.78, 5) is 23.5. The molecule has 0 spiro atoms. The normalized spacial score (nSPS) is 18.0. The number of carboxylic acid groups (broad SMARTS) is 1. The Morgan fingerprint density at radius 2 is 2.00 bits per heavy atom. The maximum atomic E-state index is 14.3. The van der Waals surface area contributed by atoms with Crippen LogP contribution < -0.4 is 5.32 Å². The van der Waals surface area contributed by atoms with E-state index in [1.165, 1.54) is 6.07 Å². The molecule has 0 saturated carbocycles. The first-order valence-electron chi connectivity index (χ1n) is 7.88. The standard InChI is InChI=1S/C17H21F2NO4/c1-11(8-15(21)22)10-20-16(23)17(4-6-24-7-5-17)13-3-2-12(18)9-14(13)19/h2-3,9,11H,4-8,10H2,1H3,(H,20,23)(H,21,22). The zero-order chi connectivity index (χ0) is 17.7. The van der Waals surface area contributed by atoms with Crippen LogP contribution in [0.2, 0.25) is 0 Å². The molecule has 1 fully saturated rings. The molecule has 1 aliphatic heterocycles. The number of benzene rings is 1. The third-order valence-electron chi connectivity index (χ3n) is 4.36. The molecule has 1 amide bonds. The first-order chi connectivity index (χ1) is 11.3. The number of nitrogens with one attached hydrogen (secondary N) is 1. The van der Waals surface area contributed by atoms with Crippen LogP contribution in [0.4, 0.5) is 8.78 Å². The van der Waals surface area contributed by atoms with Crippen LogP contribution in [-0.4, -0.2) is 36.7 Å². The van der Waals surface area contributed by atoms with Gasteiger partial charge in [0.15, 0.2) is 0 Å². The van der Waals surface area contributed by atoms with Crippen LogP contribution in [0.5, 0.6) is 0 Å². The molecule has 1 aromatic carbocycles. The second-order valence-corrected chi connectivity index (χ2v) is 6.23. The van der Waals surface area contributed by atoms with Crippen LogP contribution >= 0.6 is 0 Å². The first-order valence-corrected chi connectivity index (χ1v) is 7.88. The Labute approximate surface area is 139 Å². The lowest BCUT2D eigenvalue weighted by atomic mass is 9.73. The van der Waals surface area contributed by atoms with Crippen molar-refractivity contribution in [3.05, 3.63) is 35.4 Å². The van der Waals surface area contributed by atoms with Gasteiger partial charge in [0.05, 0.1) is 5.41 Å². The molecule has 1 heterocycles. The average molecular weight is 341 g/mol. The lowest BCUT2D eigenvalue weighted by Gasteiger charge is -2.36. The number of halogens is 2. The van der Waals surface area contributed by atoms with Crippen molar-refractivity contribution in [3.8, 4) is 0 Å². The van der Waals surface area contributed by atoms with Gasteiger partial charge in [-0.2, -0.15) is 0 Å². The van der Waals surface area contributed by atoms with E-state index in [4.69, 9.17) is 9.84 Å². The number of carboxylic acids is 1. The molecule has 0 bridgehead atoms. The van der Waals surface area contributed by atoms with E-state index in [1.807, 2.05) is 0 Å². The fourth-order valence-corrected chi connectivity index (χ4v) is 3.02. The second-order valence-electron chi connectivity index (χ2n) is 6.23. The maximum Gasteiger partial charge on any atom is 0.303 e. The lowest BCUT2D eigenvalue weighted by Crippen LogP contribution is -2.49. The molecule has 1 unspecified atom stereocenters. The molecule has 1 saturated heterocycles. The fourth-order valence-electron chi connectivity index (χ4n) is 3.02. The predicted octanol–water partition coefficient (Wildman–Crippen LogP) is 2.24. The Morgan fingerprint density at radius 3 is 2.58 bits per heavy atom. The minimum absolute atomic E-state index is 0.0682. The summed E-state index contributed by atoms with van der Waals surface area (Å²) in [6.45, 7) is 2.49. The van der Waals surface area contributed by atoms with Crippen LogP contribution in [0.25, 0.3) is 0 Å². The molecule has 5 nitrogen and oxygen atoms in total. The Kier molecular flexibility index (Phi) is 5.88. The van der Waals surface area contributed by atoms with Crippen molar-refractivity contribution in [2.45, 2.75) is 31.6 Å². The molecular weight excluding hydrogens is 320 g/mol. The van der Waals surface area contributed by atoms with Crippen molar-refractivity contribution in [2.75, 3.05) is 19.8 Å². The van der Waals surface area contributed by atoms with Crippen molar-refractivity contribution in [1.29, 1.82) is 0 Å². The molecule has 132 valence electrons. The number of aliphatic carboxylic acids is 1. The van der Waals surface area contributed by atoms with E-state index in [0.717, 1.165) is 12.1 Å². The number of hydrogen-bond acceptors (Lipinski definition) is 3. The van der Waals surface area contributed by atoms with E-state index in [2.05, 4.69) is 5.32 Å². The highest BCUT2D eigenvalue weighted by atomic mass is 19.1. The number of ether oxygens (including phenoxy) is 1. The molecule has 1 aromatic rings. The molecule has 1 atom stereocenters. The highest BCUT2D eigenvalue weighted by molar-refractivity contribution is 5.88.